The number of methoxy groups -OCH3 is 1. The van der Waals surface area contributed by atoms with E-state index in [0.29, 0.717) is 5.92 Å². The van der Waals surface area contributed by atoms with Crippen molar-refractivity contribution in [1.29, 1.82) is 0 Å². The lowest BCUT2D eigenvalue weighted by Crippen LogP contribution is -2.40. The molecule has 0 radical (unpaired) electrons. The first-order valence-electron chi connectivity index (χ1n) is 9.68. The van der Waals surface area contributed by atoms with Gasteiger partial charge in [0.05, 0.1) is 7.11 Å². The maximum Gasteiger partial charge on any atom is 0.193 e. The van der Waals surface area contributed by atoms with Gasteiger partial charge >= 0.3 is 0 Å². The van der Waals surface area contributed by atoms with Gasteiger partial charge in [-0.25, -0.2) is 0 Å². The Morgan fingerprint density at radius 3 is 2.54 bits per heavy atom. The maximum absolute atomic E-state index is 5.26. The molecule has 5 nitrogen and oxygen atoms in total. The van der Waals surface area contributed by atoms with Crippen molar-refractivity contribution in [1.82, 2.24) is 10.2 Å². The summed E-state index contributed by atoms with van der Waals surface area (Å²) in [6.07, 6.45) is 2.20. The molecule has 0 aromatic heterocycles. The van der Waals surface area contributed by atoms with Crippen molar-refractivity contribution in [3.8, 4) is 5.75 Å². The van der Waals surface area contributed by atoms with Crippen molar-refractivity contribution in [2.45, 2.75) is 18.8 Å². The molecule has 0 aliphatic carbocycles. The smallest absolute Gasteiger partial charge is 0.193 e. The molecule has 0 bridgehead atoms. The van der Waals surface area contributed by atoms with Crippen LogP contribution in [-0.2, 0) is 0 Å². The number of aliphatic imine (C=N–C) groups is 1. The molecule has 1 atom stereocenters. The Morgan fingerprint density at radius 1 is 1.11 bits per heavy atom. The Bertz CT molecular complexity index is 721. The highest BCUT2D eigenvalue weighted by Gasteiger charge is 2.25. The second-order valence-electron chi connectivity index (χ2n) is 6.83. The molecular formula is C22H31IN4O. The molecule has 0 spiro atoms. The number of hydrogen-bond donors (Lipinski definition) is 2. The van der Waals surface area contributed by atoms with Crippen LogP contribution in [0.3, 0.4) is 0 Å². The fraction of sp³-hybridized carbons (Fsp3) is 0.409. The van der Waals surface area contributed by atoms with Crippen molar-refractivity contribution >= 4 is 35.6 Å². The van der Waals surface area contributed by atoms with E-state index in [-0.39, 0.29) is 24.0 Å². The SMILES string of the molecule is CN=C(NCCCNc1ccccc1)N1CCC(c2ccc(OC)cc2)C1.I. The van der Waals surface area contributed by atoms with Gasteiger partial charge in [-0.3, -0.25) is 4.99 Å². The molecule has 1 aliphatic heterocycles. The zero-order chi connectivity index (χ0) is 18.9. The molecule has 3 rings (SSSR count). The van der Waals surface area contributed by atoms with Crippen LogP contribution in [-0.4, -0.2) is 51.2 Å². The average Bonchev–Trinajstić information content (AvgIpc) is 3.21. The molecule has 6 heteroatoms. The van der Waals surface area contributed by atoms with Crippen LogP contribution in [0, 0.1) is 0 Å². The molecule has 1 saturated heterocycles. The third-order valence-electron chi connectivity index (χ3n) is 5.03. The Balaban J connectivity index is 0.00000280. The van der Waals surface area contributed by atoms with E-state index in [1.807, 2.05) is 25.2 Å². The highest BCUT2D eigenvalue weighted by Crippen LogP contribution is 2.28. The lowest BCUT2D eigenvalue weighted by atomic mass is 9.98. The van der Waals surface area contributed by atoms with Crippen LogP contribution in [0.15, 0.2) is 59.6 Å². The minimum atomic E-state index is 0. The highest BCUT2D eigenvalue weighted by molar-refractivity contribution is 14.0. The fourth-order valence-electron chi connectivity index (χ4n) is 3.51. The van der Waals surface area contributed by atoms with Gasteiger partial charge in [0.2, 0.25) is 0 Å². The molecule has 1 fully saturated rings. The lowest BCUT2D eigenvalue weighted by Gasteiger charge is -2.22. The van der Waals surface area contributed by atoms with Crippen LogP contribution in [0.25, 0.3) is 0 Å². The van der Waals surface area contributed by atoms with Crippen molar-refractivity contribution < 1.29 is 4.74 Å². The summed E-state index contributed by atoms with van der Waals surface area (Å²) >= 11 is 0. The van der Waals surface area contributed by atoms with Gasteiger partial charge in [0.15, 0.2) is 5.96 Å². The van der Waals surface area contributed by atoms with E-state index in [1.54, 1.807) is 7.11 Å². The molecule has 1 heterocycles. The monoisotopic (exact) mass is 494 g/mol. The number of ether oxygens (including phenoxy) is 1. The number of anilines is 1. The zero-order valence-electron chi connectivity index (χ0n) is 16.7. The summed E-state index contributed by atoms with van der Waals surface area (Å²) in [6, 6.07) is 18.8. The van der Waals surface area contributed by atoms with E-state index in [0.717, 1.165) is 50.7 Å². The molecule has 0 saturated carbocycles. The maximum atomic E-state index is 5.26. The van der Waals surface area contributed by atoms with Crippen LogP contribution in [0.1, 0.15) is 24.3 Å². The first-order valence-corrected chi connectivity index (χ1v) is 9.68. The van der Waals surface area contributed by atoms with E-state index in [2.05, 4.69) is 56.9 Å². The van der Waals surface area contributed by atoms with Crippen LogP contribution in [0.4, 0.5) is 5.69 Å². The second kappa shape index (κ2) is 11.8. The zero-order valence-corrected chi connectivity index (χ0v) is 19.1. The van der Waals surface area contributed by atoms with Crippen LogP contribution >= 0.6 is 24.0 Å². The third-order valence-corrected chi connectivity index (χ3v) is 5.03. The molecule has 2 aromatic carbocycles. The van der Waals surface area contributed by atoms with Crippen LogP contribution < -0.4 is 15.4 Å². The van der Waals surface area contributed by atoms with Crippen molar-refractivity contribution in [2.75, 3.05) is 45.7 Å². The molecule has 28 heavy (non-hydrogen) atoms. The van der Waals surface area contributed by atoms with Crippen molar-refractivity contribution in [2.24, 2.45) is 4.99 Å². The predicted molar refractivity (Wildman–Crippen MR) is 128 cm³/mol. The largest absolute Gasteiger partial charge is 0.497 e. The summed E-state index contributed by atoms with van der Waals surface area (Å²) in [5, 5.41) is 6.94. The number of rotatable bonds is 7. The first kappa shape index (κ1) is 22.3. The fourth-order valence-corrected chi connectivity index (χ4v) is 3.51. The van der Waals surface area contributed by atoms with Crippen molar-refractivity contribution in [3.63, 3.8) is 0 Å². The third kappa shape index (κ3) is 6.29. The Kier molecular flexibility index (Phi) is 9.40. The Morgan fingerprint density at radius 2 is 1.86 bits per heavy atom. The molecule has 1 unspecified atom stereocenters. The van der Waals surface area contributed by atoms with Gasteiger partial charge < -0.3 is 20.3 Å². The Labute approximate surface area is 185 Å². The summed E-state index contributed by atoms with van der Waals surface area (Å²) in [5.74, 6) is 2.47. The van der Waals surface area contributed by atoms with Crippen LogP contribution in [0.5, 0.6) is 5.75 Å². The van der Waals surface area contributed by atoms with Gasteiger partial charge in [0, 0.05) is 44.8 Å². The standard InChI is InChI=1S/C22H30N4O.HI/c1-23-22(25-15-6-14-24-20-7-4-3-5-8-20)26-16-13-19(17-26)18-9-11-21(27-2)12-10-18;/h3-5,7-12,19,24H,6,13-17H2,1-2H3,(H,23,25);1H. The minimum Gasteiger partial charge on any atom is -0.497 e. The number of para-hydroxylation sites is 1. The van der Waals surface area contributed by atoms with Crippen molar-refractivity contribution in [3.05, 3.63) is 60.2 Å². The van der Waals surface area contributed by atoms with Gasteiger partial charge in [-0.1, -0.05) is 30.3 Å². The molecular weight excluding hydrogens is 463 g/mol. The van der Waals surface area contributed by atoms with Gasteiger partial charge in [-0.15, -0.1) is 24.0 Å². The molecule has 2 N–H and O–H groups in total. The van der Waals surface area contributed by atoms with Crippen LogP contribution in [0.2, 0.25) is 0 Å². The van der Waals surface area contributed by atoms with Gasteiger partial charge in [0.1, 0.15) is 5.75 Å². The number of nitrogens with zero attached hydrogens (tertiary/aromatic N) is 2. The Hall–Kier alpha value is -1.96. The average molecular weight is 494 g/mol. The quantitative estimate of drug-likeness (QED) is 0.263. The lowest BCUT2D eigenvalue weighted by molar-refractivity contribution is 0.414. The number of hydrogen-bond acceptors (Lipinski definition) is 3. The summed E-state index contributed by atoms with van der Waals surface area (Å²) in [4.78, 5) is 6.83. The molecule has 0 amide bonds. The van der Waals surface area contributed by atoms with Gasteiger partial charge in [0.25, 0.3) is 0 Å². The number of likely N-dealkylation sites (tertiary alicyclic amines) is 1. The van der Waals surface area contributed by atoms with E-state index >= 15 is 0 Å². The summed E-state index contributed by atoms with van der Waals surface area (Å²) < 4.78 is 5.26. The number of nitrogens with one attached hydrogen (secondary N) is 2. The molecule has 152 valence electrons. The first-order chi connectivity index (χ1) is 13.3. The van der Waals surface area contributed by atoms with E-state index in [1.165, 1.54) is 11.3 Å². The minimum absolute atomic E-state index is 0. The predicted octanol–water partition coefficient (Wildman–Crippen LogP) is 4.18. The van der Waals surface area contributed by atoms with E-state index in [9.17, 15) is 0 Å². The molecule has 1 aliphatic rings. The number of halogens is 1. The van der Waals surface area contributed by atoms with E-state index in [4.69, 9.17) is 4.74 Å². The summed E-state index contributed by atoms with van der Waals surface area (Å²) in [5.41, 5.74) is 2.55. The van der Waals surface area contributed by atoms with E-state index < -0.39 is 0 Å². The van der Waals surface area contributed by atoms with Gasteiger partial charge in [-0.05, 0) is 42.7 Å². The molecule has 2 aromatic rings. The number of guanidine groups is 1. The topological polar surface area (TPSA) is 48.9 Å². The normalized spacial score (nSPS) is 16.4. The number of benzene rings is 2. The highest BCUT2D eigenvalue weighted by atomic mass is 127. The van der Waals surface area contributed by atoms with Gasteiger partial charge in [-0.2, -0.15) is 0 Å². The summed E-state index contributed by atoms with van der Waals surface area (Å²) in [7, 11) is 3.57. The summed E-state index contributed by atoms with van der Waals surface area (Å²) in [6.45, 7) is 3.91. The second-order valence-corrected chi connectivity index (χ2v) is 6.83.